The summed E-state index contributed by atoms with van der Waals surface area (Å²) in [6.45, 7) is 0.0375. The van der Waals surface area contributed by atoms with Crippen LogP contribution in [0.15, 0.2) is 52.3 Å². The van der Waals surface area contributed by atoms with Gasteiger partial charge in [0.2, 0.25) is 20.0 Å². The van der Waals surface area contributed by atoms with Crippen molar-refractivity contribution in [1.29, 1.82) is 0 Å². The summed E-state index contributed by atoms with van der Waals surface area (Å²) in [5, 5.41) is 4.99. The Labute approximate surface area is 162 Å². The van der Waals surface area contributed by atoms with Crippen LogP contribution < -0.4 is 9.86 Å². The zero-order valence-corrected chi connectivity index (χ0v) is 16.6. The number of carbonyl (C=O) groups is 1. The minimum absolute atomic E-state index is 0.0294. The number of hydrogen-bond acceptors (Lipinski definition) is 6. The Balaban J connectivity index is 2.10. The standard InChI is InChI=1S/C16H17ClN2O6S2/c1-25-16(20)12-4-7-14(17)15(10-12)27(23,24)19-9-8-11-2-5-13(6-3-11)26(18,21)22/h2-7,10,19H,8-9H2,1H3,(H2,18,21,22). The Morgan fingerprint density at radius 3 is 2.30 bits per heavy atom. The van der Waals surface area contributed by atoms with Gasteiger partial charge in [0.15, 0.2) is 0 Å². The van der Waals surface area contributed by atoms with Gasteiger partial charge >= 0.3 is 5.97 Å². The highest BCUT2D eigenvalue weighted by molar-refractivity contribution is 7.89. The summed E-state index contributed by atoms with van der Waals surface area (Å²) in [5.41, 5.74) is 0.764. The van der Waals surface area contributed by atoms with E-state index in [-0.39, 0.29) is 26.9 Å². The summed E-state index contributed by atoms with van der Waals surface area (Å²) in [4.78, 5) is 11.3. The minimum Gasteiger partial charge on any atom is -0.465 e. The maximum atomic E-state index is 12.4. The van der Waals surface area contributed by atoms with Crippen molar-refractivity contribution in [2.24, 2.45) is 5.14 Å². The number of hydrogen-bond donors (Lipinski definition) is 2. The second kappa shape index (κ2) is 8.36. The molecule has 0 aliphatic carbocycles. The Hall–Kier alpha value is -1.98. The van der Waals surface area contributed by atoms with Crippen LogP contribution >= 0.6 is 11.6 Å². The lowest BCUT2D eigenvalue weighted by atomic mass is 10.2. The summed E-state index contributed by atoms with van der Waals surface area (Å²) < 4.78 is 54.3. The molecule has 2 aromatic rings. The fourth-order valence-corrected chi connectivity index (χ4v) is 4.28. The van der Waals surface area contributed by atoms with Gasteiger partial charge in [-0.2, -0.15) is 0 Å². The van der Waals surface area contributed by atoms with E-state index in [0.717, 1.165) is 6.07 Å². The Kier molecular flexibility index (Phi) is 6.60. The smallest absolute Gasteiger partial charge is 0.337 e. The molecular formula is C16H17ClN2O6S2. The van der Waals surface area contributed by atoms with Gasteiger partial charge in [0.05, 0.1) is 22.6 Å². The number of rotatable bonds is 7. The Bertz CT molecular complexity index is 1050. The van der Waals surface area contributed by atoms with Crippen LogP contribution in [0.5, 0.6) is 0 Å². The van der Waals surface area contributed by atoms with E-state index in [4.69, 9.17) is 16.7 Å². The molecule has 8 nitrogen and oxygen atoms in total. The molecule has 0 aromatic heterocycles. The topological polar surface area (TPSA) is 133 Å². The molecule has 0 saturated heterocycles. The largest absolute Gasteiger partial charge is 0.465 e. The van der Waals surface area contributed by atoms with Crippen LogP contribution in [0.2, 0.25) is 5.02 Å². The quantitative estimate of drug-likeness (QED) is 0.633. The maximum Gasteiger partial charge on any atom is 0.337 e. The van der Waals surface area contributed by atoms with Gasteiger partial charge < -0.3 is 4.74 Å². The molecule has 0 aliphatic rings. The molecule has 0 aliphatic heterocycles. The van der Waals surface area contributed by atoms with Crippen molar-refractivity contribution in [2.75, 3.05) is 13.7 Å². The van der Waals surface area contributed by atoms with E-state index >= 15 is 0 Å². The van der Waals surface area contributed by atoms with Crippen LogP contribution in [0.25, 0.3) is 0 Å². The molecule has 27 heavy (non-hydrogen) atoms. The molecule has 0 spiro atoms. The number of primary sulfonamides is 1. The van der Waals surface area contributed by atoms with Crippen molar-refractivity contribution in [2.45, 2.75) is 16.2 Å². The van der Waals surface area contributed by atoms with E-state index in [1.807, 2.05) is 0 Å². The molecule has 0 saturated carbocycles. The van der Waals surface area contributed by atoms with Gasteiger partial charge in [0.1, 0.15) is 4.90 Å². The fraction of sp³-hybridized carbons (Fsp3) is 0.188. The molecule has 0 amide bonds. The average molecular weight is 433 g/mol. The highest BCUT2D eigenvalue weighted by atomic mass is 35.5. The zero-order valence-electron chi connectivity index (χ0n) is 14.2. The first-order valence-corrected chi connectivity index (χ1v) is 10.9. The average Bonchev–Trinajstić information content (AvgIpc) is 2.61. The summed E-state index contributed by atoms with van der Waals surface area (Å²) in [5.74, 6) is -0.682. The Morgan fingerprint density at radius 2 is 1.74 bits per heavy atom. The highest BCUT2D eigenvalue weighted by Gasteiger charge is 2.20. The SMILES string of the molecule is COC(=O)c1ccc(Cl)c(S(=O)(=O)NCCc2ccc(S(N)(=O)=O)cc2)c1. The van der Waals surface area contributed by atoms with Gasteiger partial charge in [-0.05, 0) is 42.3 Å². The number of ether oxygens (including phenoxy) is 1. The minimum atomic E-state index is -3.96. The van der Waals surface area contributed by atoms with Crippen molar-refractivity contribution in [3.05, 3.63) is 58.6 Å². The molecule has 0 atom stereocenters. The van der Waals surface area contributed by atoms with E-state index in [0.29, 0.717) is 12.0 Å². The van der Waals surface area contributed by atoms with Crippen molar-refractivity contribution < 1.29 is 26.4 Å². The number of carbonyl (C=O) groups excluding carboxylic acids is 1. The molecule has 0 radical (unpaired) electrons. The first-order valence-electron chi connectivity index (χ1n) is 7.54. The number of halogens is 1. The molecule has 0 fully saturated rings. The van der Waals surface area contributed by atoms with Crippen LogP contribution in [0, 0.1) is 0 Å². The van der Waals surface area contributed by atoms with Gasteiger partial charge in [0.25, 0.3) is 0 Å². The van der Waals surface area contributed by atoms with E-state index in [1.165, 1.54) is 31.4 Å². The zero-order chi connectivity index (χ0) is 20.2. The third kappa shape index (κ3) is 5.50. The van der Waals surface area contributed by atoms with E-state index in [2.05, 4.69) is 9.46 Å². The van der Waals surface area contributed by atoms with Crippen LogP contribution in [0.3, 0.4) is 0 Å². The second-order valence-electron chi connectivity index (χ2n) is 5.47. The number of nitrogens with one attached hydrogen (secondary N) is 1. The predicted octanol–water partition coefficient (Wildman–Crippen LogP) is 1.29. The second-order valence-corrected chi connectivity index (χ2v) is 9.18. The third-order valence-corrected chi connectivity index (χ3v) is 6.47. The first kappa shape index (κ1) is 21.3. The summed E-state index contributed by atoms with van der Waals surface area (Å²) in [6.07, 6.45) is 0.304. The van der Waals surface area contributed by atoms with Crippen molar-refractivity contribution in [3.63, 3.8) is 0 Å². The van der Waals surface area contributed by atoms with Crippen molar-refractivity contribution >= 4 is 37.6 Å². The highest BCUT2D eigenvalue weighted by Crippen LogP contribution is 2.23. The normalized spacial score (nSPS) is 12.0. The molecule has 0 bridgehead atoms. The summed E-state index contributed by atoms with van der Waals surface area (Å²) >= 11 is 5.94. The molecular weight excluding hydrogens is 416 g/mol. The lowest BCUT2D eigenvalue weighted by molar-refractivity contribution is 0.0600. The number of methoxy groups -OCH3 is 1. The first-order chi connectivity index (χ1) is 12.5. The van der Waals surface area contributed by atoms with Gasteiger partial charge in [-0.15, -0.1) is 0 Å². The molecule has 3 N–H and O–H groups in total. The molecule has 0 heterocycles. The van der Waals surface area contributed by atoms with Crippen LogP contribution in [-0.2, 0) is 31.2 Å². The molecule has 11 heteroatoms. The molecule has 2 rings (SSSR count). The van der Waals surface area contributed by atoms with Crippen molar-refractivity contribution in [1.82, 2.24) is 4.72 Å². The van der Waals surface area contributed by atoms with E-state index < -0.39 is 26.0 Å². The monoisotopic (exact) mass is 432 g/mol. The summed E-state index contributed by atoms with van der Waals surface area (Å²) in [7, 11) is -6.56. The lowest BCUT2D eigenvalue weighted by Gasteiger charge is -2.10. The molecule has 146 valence electrons. The fourth-order valence-electron chi connectivity index (χ4n) is 2.21. The van der Waals surface area contributed by atoms with Gasteiger partial charge in [-0.1, -0.05) is 23.7 Å². The predicted molar refractivity (Wildman–Crippen MR) is 99.5 cm³/mol. The van der Waals surface area contributed by atoms with Crippen LogP contribution in [-0.4, -0.2) is 36.5 Å². The number of esters is 1. The number of nitrogens with two attached hydrogens (primary N) is 1. The van der Waals surface area contributed by atoms with Crippen LogP contribution in [0.4, 0.5) is 0 Å². The van der Waals surface area contributed by atoms with Crippen LogP contribution in [0.1, 0.15) is 15.9 Å². The summed E-state index contributed by atoms with van der Waals surface area (Å²) in [6, 6.07) is 9.57. The molecule has 0 unspecified atom stereocenters. The van der Waals surface area contributed by atoms with E-state index in [9.17, 15) is 21.6 Å². The number of benzene rings is 2. The number of sulfonamides is 2. The van der Waals surface area contributed by atoms with Gasteiger partial charge in [-0.3, -0.25) is 0 Å². The maximum absolute atomic E-state index is 12.4. The van der Waals surface area contributed by atoms with Crippen molar-refractivity contribution in [3.8, 4) is 0 Å². The van der Waals surface area contributed by atoms with Gasteiger partial charge in [0, 0.05) is 6.54 Å². The van der Waals surface area contributed by atoms with Gasteiger partial charge in [-0.25, -0.2) is 31.5 Å². The molecule has 2 aromatic carbocycles. The Morgan fingerprint density at radius 1 is 1.11 bits per heavy atom. The third-order valence-electron chi connectivity index (χ3n) is 3.60. The lowest BCUT2D eigenvalue weighted by Crippen LogP contribution is -2.26. The van der Waals surface area contributed by atoms with E-state index in [1.54, 1.807) is 12.1 Å².